The van der Waals surface area contributed by atoms with Gasteiger partial charge < -0.3 is 20.9 Å². The van der Waals surface area contributed by atoms with Crippen molar-refractivity contribution in [2.75, 3.05) is 11.5 Å². The van der Waals surface area contributed by atoms with E-state index in [1.165, 1.54) is 0 Å². The van der Waals surface area contributed by atoms with E-state index in [0.29, 0.717) is 44.4 Å². The van der Waals surface area contributed by atoms with Gasteiger partial charge >= 0.3 is 0 Å². The number of ether oxygens (including phenoxy) is 2. The van der Waals surface area contributed by atoms with Gasteiger partial charge in [-0.05, 0) is 83.9 Å². The lowest BCUT2D eigenvalue weighted by molar-refractivity contribution is 0.481. The van der Waals surface area contributed by atoms with Crippen LogP contribution in [0.1, 0.15) is 25.0 Å². The predicted molar refractivity (Wildman–Crippen MR) is 137 cm³/mol. The first-order valence-corrected chi connectivity index (χ1v) is 11.1. The van der Waals surface area contributed by atoms with Gasteiger partial charge in [-0.25, -0.2) is 0 Å². The first-order valence-electron chi connectivity index (χ1n) is 10.4. The molecule has 0 spiro atoms. The Morgan fingerprint density at radius 3 is 1.27 bits per heavy atom. The van der Waals surface area contributed by atoms with Crippen molar-refractivity contribution in [3.05, 3.63) is 106 Å². The van der Waals surface area contributed by atoms with Gasteiger partial charge in [-0.15, -0.1) is 0 Å². The minimum atomic E-state index is -0.354. The molecule has 0 aliphatic rings. The van der Waals surface area contributed by atoms with E-state index in [4.69, 9.17) is 44.1 Å². The predicted octanol–water partition coefficient (Wildman–Crippen LogP) is 8.07. The lowest BCUT2D eigenvalue weighted by Crippen LogP contribution is -2.19. The van der Waals surface area contributed by atoms with Crippen molar-refractivity contribution in [2.45, 2.75) is 19.3 Å². The van der Waals surface area contributed by atoms with E-state index in [1.54, 1.807) is 48.5 Å². The summed E-state index contributed by atoms with van der Waals surface area (Å²) in [4.78, 5) is 0. The van der Waals surface area contributed by atoms with Crippen LogP contribution in [-0.2, 0) is 5.41 Å². The third-order valence-corrected chi connectivity index (χ3v) is 6.11. The topological polar surface area (TPSA) is 70.5 Å². The van der Waals surface area contributed by atoms with Gasteiger partial charge in [0.05, 0.1) is 10.0 Å². The van der Waals surface area contributed by atoms with Gasteiger partial charge in [-0.1, -0.05) is 49.2 Å². The van der Waals surface area contributed by atoms with E-state index in [2.05, 4.69) is 13.8 Å². The summed E-state index contributed by atoms with van der Waals surface area (Å²) in [7, 11) is 0. The highest BCUT2D eigenvalue weighted by atomic mass is 35.5. The van der Waals surface area contributed by atoms with Crippen LogP contribution in [0.15, 0.2) is 84.9 Å². The SMILES string of the molecule is CC(C)(c1ccc(Oc2ccc(N)cc2)c(Cl)c1)c1ccc(Oc2ccc(N)cc2)c(Cl)c1. The molecule has 4 nitrogen and oxygen atoms in total. The number of hydrogen-bond acceptors (Lipinski definition) is 4. The molecular weight excluding hydrogens is 455 g/mol. The van der Waals surface area contributed by atoms with Gasteiger partial charge in [0.2, 0.25) is 0 Å². The molecule has 33 heavy (non-hydrogen) atoms. The van der Waals surface area contributed by atoms with Crippen molar-refractivity contribution < 1.29 is 9.47 Å². The normalized spacial score (nSPS) is 11.3. The van der Waals surface area contributed by atoms with Crippen molar-refractivity contribution >= 4 is 34.6 Å². The Morgan fingerprint density at radius 1 is 0.576 bits per heavy atom. The molecule has 0 bridgehead atoms. The smallest absolute Gasteiger partial charge is 0.146 e. The molecular formula is C27H24Cl2N2O2. The Balaban J connectivity index is 1.55. The maximum atomic E-state index is 6.56. The van der Waals surface area contributed by atoms with E-state index in [0.717, 1.165) is 11.1 Å². The van der Waals surface area contributed by atoms with Crippen molar-refractivity contribution in [1.82, 2.24) is 0 Å². The Hall–Kier alpha value is -3.34. The van der Waals surface area contributed by atoms with Gasteiger partial charge in [0.15, 0.2) is 0 Å². The second-order valence-electron chi connectivity index (χ2n) is 8.26. The van der Waals surface area contributed by atoms with Crippen LogP contribution in [0.25, 0.3) is 0 Å². The molecule has 4 N–H and O–H groups in total. The van der Waals surface area contributed by atoms with Crippen molar-refractivity contribution in [3.63, 3.8) is 0 Å². The summed E-state index contributed by atoms with van der Waals surface area (Å²) < 4.78 is 11.8. The van der Waals surface area contributed by atoms with E-state index < -0.39 is 0 Å². The monoisotopic (exact) mass is 478 g/mol. The molecule has 0 atom stereocenters. The minimum Gasteiger partial charge on any atom is -0.456 e. The molecule has 0 saturated carbocycles. The fraction of sp³-hybridized carbons (Fsp3) is 0.111. The quantitative estimate of drug-likeness (QED) is 0.274. The summed E-state index contributed by atoms with van der Waals surface area (Å²) >= 11 is 13.1. The summed E-state index contributed by atoms with van der Waals surface area (Å²) in [6, 6.07) is 25.9. The molecule has 4 aromatic rings. The molecule has 0 aliphatic heterocycles. The van der Waals surface area contributed by atoms with Gasteiger partial charge in [0.1, 0.15) is 23.0 Å². The molecule has 0 fully saturated rings. The van der Waals surface area contributed by atoms with Crippen LogP contribution >= 0.6 is 23.2 Å². The molecule has 0 saturated heterocycles. The van der Waals surface area contributed by atoms with Gasteiger partial charge in [0.25, 0.3) is 0 Å². The van der Waals surface area contributed by atoms with Crippen LogP contribution in [0.4, 0.5) is 11.4 Å². The first-order chi connectivity index (χ1) is 15.7. The number of rotatable bonds is 6. The Kier molecular flexibility index (Phi) is 6.41. The molecule has 0 heterocycles. The van der Waals surface area contributed by atoms with Crippen LogP contribution < -0.4 is 20.9 Å². The van der Waals surface area contributed by atoms with E-state index in [1.807, 2.05) is 36.4 Å². The average molecular weight is 479 g/mol. The fourth-order valence-electron chi connectivity index (χ4n) is 3.44. The van der Waals surface area contributed by atoms with Gasteiger partial charge in [-0.3, -0.25) is 0 Å². The molecule has 0 aromatic heterocycles. The molecule has 4 aromatic carbocycles. The zero-order valence-electron chi connectivity index (χ0n) is 18.3. The van der Waals surface area contributed by atoms with Crippen LogP contribution in [-0.4, -0.2) is 0 Å². The first kappa shape index (κ1) is 22.8. The second kappa shape index (κ2) is 9.26. The van der Waals surface area contributed by atoms with Gasteiger partial charge in [-0.2, -0.15) is 0 Å². The maximum Gasteiger partial charge on any atom is 0.146 e. The molecule has 0 unspecified atom stereocenters. The number of nitrogen functional groups attached to an aromatic ring is 2. The molecule has 4 rings (SSSR count). The Bertz CT molecular complexity index is 1170. The average Bonchev–Trinajstić information content (AvgIpc) is 2.79. The Morgan fingerprint density at radius 2 is 0.939 bits per heavy atom. The van der Waals surface area contributed by atoms with Crippen LogP contribution in [0.5, 0.6) is 23.0 Å². The third-order valence-electron chi connectivity index (χ3n) is 5.52. The van der Waals surface area contributed by atoms with Crippen molar-refractivity contribution in [3.8, 4) is 23.0 Å². The lowest BCUT2D eigenvalue weighted by Gasteiger charge is -2.27. The molecule has 0 radical (unpaired) electrons. The summed E-state index contributed by atoms with van der Waals surface area (Å²) in [6.45, 7) is 4.23. The van der Waals surface area contributed by atoms with Crippen LogP contribution in [0, 0.1) is 0 Å². The zero-order valence-corrected chi connectivity index (χ0v) is 19.8. The molecule has 168 valence electrons. The Labute approximate surface area is 203 Å². The largest absolute Gasteiger partial charge is 0.456 e. The number of nitrogens with two attached hydrogens (primary N) is 2. The molecule has 6 heteroatoms. The number of hydrogen-bond donors (Lipinski definition) is 2. The highest BCUT2D eigenvalue weighted by Crippen LogP contribution is 2.40. The number of anilines is 2. The summed E-state index contributed by atoms with van der Waals surface area (Å²) in [5, 5.41) is 1.04. The summed E-state index contributed by atoms with van der Waals surface area (Å²) in [6.07, 6.45) is 0. The van der Waals surface area contributed by atoms with E-state index in [9.17, 15) is 0 Å². The standard InChI is InChI=1S/C27H24Cl2N2O2/c1-27(2,17-3-13-25(23(28)15-17)32-21-9-5-19(30)6-10-21)18-4-14-26(24(29)16-18)33-22-11-7-20(31)8-12-22/h3-16H,30-31H2,1-2H3. The molecule has 0 aliphatic carbocycles. The highest BCUT2D eigenvalue weighted by molar-refractivity contribution is 6.32. The lowest BCUT2D eigenvalue weighted by atomic mass is 9.78. The van der Waals surface area contributed by atoms with E-state index in [-0.39, 0.29) is 5.41 Å². The zero-order chi connectivity index (χ0) is 23.6. The van der Waals surface area contributed by atoms with Crippen LogP contribution in [0.2, 0.25) is 10.0 Å². The minimum absolute atomic E-state index is 0.354. The van der Waals surface area contributed by atoms with Crippen LogP contribution in [0.3, 0.4) is 0 Å². The maximum absolute atomic E-state index is 6.56. The van der Waals surface area contributed by atoms with Crippen molar-refractivity contribution in [2.24, 2.45) is 0 Å². The summed E-state index contributed by atoms with van der Waals surface area (Å²) in [5.74, 6) is 2.49. The third kappa shape index (κ3) is 5.19. The fourth-order valence-corrected chi connectivity index (χ4v) is 3.88. The number of halogens is 2. The highest BCUT2D eigenvalue weighted by Gasteiger charge is 2.25. The molecule has 0 amide bonds. The van der Waals surface area contributed by atoms with Gasteiger partial charge in [0, 0.05) is 16.8 Å². The number of benzene rings is 4. The van der Waals surface area contributed by atoms with Crippen molar-refractivity contribution in [1.29, 1.82) is 0 Å². The van der Waals surface area contributed by atoms with E-state index >= 15 is 0 Å². The summed E-state index contributed by atoms with van der Waals surface area (Å²) in [5.41, 5.74) is 14.5. The second-order valence-corrected chi connectivity index (χ2v) is 9.07.